The lowest BCUT2D eigenvalue weighted by Crippen LogP contribution is -2.16. The van der Waals surface area contributed by atoms with Gasteiger partial charge >= 0.3 is 0 Å². The third kappa shape index (κ3) is 2.59. The molecule has 0 fully saturated rings. The Bertz CT molecular complexity index is 329. The highest BCUT2D eigenvalue weighted by molar-refractivity contribution is 6.06. The summed E-state index contributed by atoms with van der Waals surface area (Å²) in [5, 5.41) is 8.92. The molecule has 1 amide bonds. The van der Waals surface area contributed by atoms with Crippen molar-refractivity contribution in [3.63, 3.8) is 0 Å². The molecule has 0 unspecified atom stereocenters. The summed E-state index contributed by atoms with van der Waals surface area (Å²) in [5.41, 5.74) is 5.22. The molecule has 1 aromatic rings. The van der Waals surface area contributed by atoms with Crippen LogP contribution in [0.1, 0.15) is 16.8 Å². The molecule has 68 valence electrons. The number of rotatable bonds is 3. The zero-order valence-electron chi connectivity index (χ0n) is 6.86. The first-order valence-corrected chi connectivity index (χ1v) is 3.70. The van der Waals surface area contributed by atoms with Gasteiger partial charge in [-0.05, 0) is 24.3 Å². The topological polar surface area (TPSA) is 80.4 Å². The van der Waals surface area contributed by atoms with Gasteiger partial charge in [-0.1, -0.05) is 0 Å². The number of benzene rings is 1. The van der Waals surface area contributed by atoms with Gasteiger partial charge in [-0.15, -0.1) is 0 Å². The Balaban J connectivity index is 2.78. The van der Waals surface area contributed by atoms with Crippen LogP contribution in [0.15, 0.2) is 24.3 Å². The lowest BCUT2D eigenvalue weighted by atomic mass is 10.1. The molecule has 0 atom stereocenters. The van der Waals surface area contributed by atoms with Gasteiger partial charge in [0.05, 0.1) is 6.42 Å². The minimum Gasteiger partial charge on any atom is -0.508 e. The van der Waals surface area contributed by atoms with Gasteiger partial charge in [-0.3, -0.25) is 9.59 Å². The fraction of sp³-hybridized carbons (Fsp3) is 0.111. The van der Waals surface area contributed by atoms with Crippen molar-refractivity contribution in [2.75, 3.05) is 0 Å². The van der Waals surface area contributed by atoms with E-state index in [4.69, 9.17) is 10.8 Å². The van der Waals surface area contributed by atoms with Gasteiger partial charge in [0.25, 0.3) is 0 Å². The summed E-state index contributed by atoms with van der Waals surface area (Å²) in [6, 6.07) is 5.66. The molecule has 0 aliphatic carbocycles. The number of nitrogens with two attached hydrogens (primary N) is 1. The van der Waals surface area contributed by atoms with E-state index in [-0.39, 0.29) is 18.0 Å². The molecule has 1 rings (SSSR count). The molecule has 0 aliphatic heterocycles. The number of hydrogen-bond donors (Lipinski definition) is 2. The van der Waals surface area contributed by atoms with Crippen molar-refractivity contribution in [3.05, 3.63) is 29.8 Å². The van der Waals surface area contributed by atoms with Gasteiger partial charge in [-0.2, -0.15) is 0 Å². The van der Waals surface area contributed by atoms with Crippen molar-refractivity contribution in [2.45, 2.75) is 6.42 Å². The molecular formula is C9H9NO3. The first-order valence-electron chi connectivity index (χ1n) is 3.70. The van der Waals surface area contributed by atoms with Crippen molar-refractivity contribution < 1.29 is 14.7 Å². The van der Waals surface area contributed by atoms with Crippen LogP contribution >= 0.6 is 0 Å². The van der Waals surface area contributed by atoms with Crippen molar-refractivity contribution in [1.29, 1.82) is 0 Å². The summed E-state index contributed by atoms with van der Waals surface area (Å²) < 4.78 is 0. The normalized spacial score (nSPS) is 9.54. The molecular weight excluding hydrogens is 170 g/mol. The van der Waals surface area contributed by atoms with Crippen LogP contribution in [0.2, 0.25) is 0 Å². The molecule has 13 heavy (non-hydrogen) atoms. The molecule has 0 saturated heterocycles. The molecule has 1 aromatic carbocycles. The van der Waals surface area contributed by atoms with Gasteiger partial charge in [0.1, 0.15) is 5.75 Å². The molecule has 0 heterocycles. The zero-order chi connectivity index (χ0) is 9.84. The average Bonchev–Trinajstić information content (AvgIpc) is 2.04. The largest absolute Gasteiger partial charge is 0.508 e. The first kappa shape index (κ1) is 9.25. The number of ketones is 1. The lowest BCUT2D eigenvalue weighted by molar-refractivity contribution is -0.117. The van der Waals surface area contributed by atoms with Gasteiger partial charge in [0.2, 0.25) is 5.91 Å². The SMILES string of the molecule is NC(=O)CC(=O)c1ccc(O)cc1. The Hall–Kier alpha value is -1.84. The zero-order valence-corrected chi connectivity index (χ0v) is 6.86. The second-order valence-electron chi connectivity index (χ2n) is 2.61. The van der Waals surface area contributed by atoms with E-state index in [0.717, 1.165) is 0 Å². The summed E-state index contributed by atoms with van der Waals surface area (Å²) >= 11 is 0. The van der Waals surface area contributed by atoms with Crippen molar-refractivity contribution in [1.82, 2.24) is 0 Å². The summed E-state index contributed by atoms with van der Waals surface area (Å²) in [6.45, 7) is 0. The minimum absolute atomic E-state index is 0.0793. The van der Waals surface area contributed by atoms with Crippen LogP contribution in [0.25, 0.3) is 0 Å². The molecule has 0 spiro atoms. The van der Waals surface area contributed by atoms with E-state index < -0.39 is 5.91 Å². The third-order valence-electron chi connectivity index (χ3n) is 1.52. The number of amides is 1. The number of carbonyl (C=O) groups is 2. The molecule has 0 saturated carbocycles. The predicted molar refractivity (Wildman–Crippen MR) is 46.2 cm³/mol. The van der Waals surface area contributed by atoms with E-state index >= 15 is 0 Å². The number of aromatic hydroxyl groups is 1. The number of Topliss-reactive ketones (excluding diaryl/α,β-unsaturated/α-hetero) is 1. The summed E-state index contributed by atoms with van der Waals surface area (Å²) in [4.78, 5) is 21.6. The summed E-state index contributed by atoms with van der Waals surface area (Å²) in [6.07, 6.45) is -0.301. The van der Waals surface area contributed by atoms with Crippen LogP contribution in [-0.2, 0) is 4.79 Å². The van der Waals surface area contributed by atoms with E-state index in [9.17, 15) is 9.59 Å². The number of phenolic OH excluding ortho intramolecular Hbond substituents is 1. The Morgan fingerprint density at radius 3 is 2.23 bits per heavy atom. The highest BCUT2D eigenvalue weighted by Crippen LogP contribution is 2.10. The monoisotopic (exact) mass is 179 g/mol. The van der Waals surface area contributed by atoms with Gasteiger partial charge in [0.15, 0.2) is 5.78 Å². The van der Waals surface area contributed by atoms with E-state index in [2.05, 4.69) is 0 Å². The van der Waals surface area contributed by atoms with Gasteiger partial charge in [0, 0.05) is 5.56 Å². The summed E-state index contributed by atoms with van der Waals surface area (Å²) in [5.74, 6) is -0.916. The van der Waals surface area contributed by atoms with E-state index in [1.807, 2.05) is 0 Å². The minimum atomic E-state index is -0.655. The van der Waals surface area contributed by atoms with Crippen LogP contribution in [0.3, 0.4) is 0 Å². The quantitative estimate of drug-likeness (QED) is 0.522. The van der Waals surface area contributed by atoms with Crippen molar-refractivity contribution in [3.8, 4) is 5.75 Å². The van der Waals surface area contributed by atoms with Crippen LogP contribution in [0.5, 0.6) is 5.75 Å². The first-order chi connectivity index (χ1) is 6.09. The molecule has 4 nitrogen and oxygen atoms in total. The molecule has 0 bridgehead atoms. The fourth-order valence-electron chi connectivity index (χ4n) is 0.908. The third-order valence-corrected chi connectivity index (χ3v) is 1.52. The second kappa shape index (κ2) is 3.71. The Labute approximate surface area is 75.0 Å². The lowest BCUT2D eigenvalue weighted by Gasteiger charge is -1.97. The maximum atomic E-state index is 11.2. The molecule has 0 radical (unpaired) electrons. The fourth-order valence-corrected chi connectivity index (χ4v) is 0.908. The number of carbonyl (C=O) groups excluding carboxylic acids is 2. The van der Waals surface area contributed by atoms with Crippen molar-refractivity contribution in [2.24, 2.45) is 5.73 Å². The number of phenols is 1. The van der Waals surface area contributed by atoms with Gasteiger partial charge in [-0.25, -0.2) is 0 Å². The highest BCUT2D eigenvalue weighted by Gasteiger charge is 2.08. The number of primary amides is 1. The molecule has 4 heteroatoms. The van der Waals surface area contributed by atoms with Crippen LogP contribution in [-0.4, -0.2) is 16.8 Å². The standard InChI is InChI=1S/C9H9NO3/c10-9(13)5-8(12)6-1-3-7(11)4-2-6/h1-4,11H,5H2,(H2,10,13). The second-order valence-corrected chi connectivity index (χ2v) is 2.61. The van der Waals surface area contributed by atoms with Crippen LogP contribution < -0.4 is 5.73 Å². The predicted octanol–water partition coefficient (Wildman–Crippen LogP) is 0.450. The Morgan fingerprint density at radius 2 is 1.77 bits per heavy atom. The Morgan fingerprint density at radius 1 is 1.23 bits per heavy atom. The highest BCUT2D eigenvalue weighted by atomic mass is 16.3. The van der Waals surface area contributed by atoms with E-state index in [1.165, 1.54) is 24.3 Å². The maximum absolute atomic E-state index is 11.2. The number of hydrogen-bond acceptors (Lipinski definition) is 3. The van der Waals surface area contributed by atoms with Gasteiger partial charge < -0.3 is 10.8 Å². The summed E-state index contributed by atoms with van der Waals surface area (Å²) in [7, 11) is 0. The van der Waals surface area contributed by atoms with E-state index in [1.54, 1.807) is 0 Å². The van der Waals surface area contributed by atoms with E-state index in [0.29, 0.717) is 5.56 Å². The average molecular weight is 179 g/mol. The molecule has 3 N–H and O–H groups in total. The Kier molecular flexibility index (Phi) is 2.64. The molecule has 0 aromatic heterocycles. The maximum Gasteiger partial charge on any atom is 0.225 e. The van der Waals surface area contributed by atoms with Crippen LogP contribution in [0, 0.1) is 0 Å². The van der Waals surface area contributed by atoms with Crippen molar-refractivity contribution >= 4 is 11.7 Å². The van der Waals surface area contributed by atoms with Crippen LogP contribution in [0.4, 0.5) is 0 Å². The molecule has 0 aliphatic rings. The smallest absolute Gasteiger partial charge is 0.225 e.